The summed E-state index contributed by atoms with van der Waals surface area (Å²) in [4.78, 5) is 0. The van der Waals surface area contributed by atoms with Gasteiger partial charge in [0.15, 0.2) is 11.0 Å². The highest BCUT2D eigenvalue weighted by atomic mass is 79.9. The summed E-state index contributed by atoms with van der Waals surface area (Å²) in [6, 6.07) is 9.63. The molecule has 3 aromatic heterocycles. The van der Waals surface area contributed by atoms with Gasteiger partial charge >= 0.3 is 0 Å². The van der Waals surface area contributed by atoms with E-state index < -0.39 is 0 Å². The molecule has 0 aliphatic heterocycles. The number of nitrogens with zero attached hydrogens (tertiary/aromatic N) is 5. The van der Waals surface area contributed by atoms with Crippen molar-refractivity contribution in [2.45, 2.75) is 17.8 Å². The van der Waals surface area contributed by atoms with Crippen LogP contribution in [-0.2, 0) is 12.8 Å². The Morgan fingerprint density at radius 2 is 2.04 bits per heavy atom. The first-order valence-electron chi connectivity index (χ1n) is 7.77. The monoisotopic (exact) mass is 431 g/mol. The summed E-state index contributed by atoms with van der Waals surface area (Å²) in [5, 5.41) is 17.5. The third-order valence-electron chi connectivity index (χ3n) is 3.80. The summed E-state index contributed by atoms with van der Waals surface area (Å²) < 4.78 is 14.0. The molecule has 0 aliphatic rings. The van der Waals surface area contributed by atoms with Crippen LogP contribution in [0, 0.1) is 6.92 Å². The molecule has 0 N–H and O–H groups in total. The summed E-state index contributed by atoms with van der Waals surface area (Å²) in [6.45, 7) is 1.90. The fraction of sp³-hybridized carbons (Fsp3) is 0.176. The highest BCUT2D eigenvalue weighted by Crippen LogP contribution is 2.28. The maximum Gasteiger partial charge on any atom is 0.247 e. The largest absolute Gasteiger partial charge is 0.469 e. The van der Waals surface area contributed by atoms with E-state index in [1.54, 1.807) is 6.26 Å². The van der Waals surface area contributed by atoms with Gasteiger partial charge in [-0.2, -0.15) is 0 Å². The van der Waals surface area contributed by atoms with Crippen molar-refractivity contribution in [1.29, 1.82) is 0 Å². The Morgan fingerprint density at radius 3 is 2.81 bits per heavy atom. The number of thioether (sulfide) groups is 1. The molecular weight excluding hydrogens is 418 g/mol. The molecule has 3 heterocycles. The average Bonchev–Trinajstić information content (AvgIpc) is 3.34. The van der Waals surface area contributed by atoms with Crippen molar-refractivity contribution < 1.29 is 8.83 Å². The van der Waals surface area contributed by atoms with Crippen molar-refractivity contribution in [3.63, 3.8) is 0 Å². The molecule has 0 saturated heterocycles. The number of benzene rings is 1. The number of furan rings is 1. The van der Waals surface area contributed by atoms with E-state index in [-0.39, 0.29) is 0 Å². The number of rotatable bonds is 5. The predicted octanol–water partition coefficient (Wildman–Crippen LogP) is 4.49. The highest BCUT2D eigenvalue weighted by Gasteiger charge is 2.16. The van der Waals surface area contributed by atoms with Crippen LogP contribution >= 0.6 is 27.7 Å². The number of aromatic nitrogens is 5. The fourth-order valence-corrected chi connectivity index (χ4v) is 3.62. The quantitative estimate of drug-likeness (QED) is 0.430. The lowest BCUT2D eigenvalue weighted by atomic mass is 10.2. The fourth-order valence-electron chi connectivity index (χ4n) is 2.47. The summed E-state index contributed by atoms with van der Waals surface area (Å²) in [5.41, 5.74) is 1.81. The van der Waals surface area contributed by atoms with Gasteiger partial charge in [0, 0.05) is 17.1 Å². The van der Waals surface area contributed by atoms with Crippen molar-refractivity contribution in [2.24, 2.45) is 7.05 Å². The summed E-state index contributed by atoms with van der Waals surface area (Å²) >= 11 is 4.93. The van der Waals surface area contributed by atoms with E-state index >= 15 is 0 Å². The number of hydrogen-bond acceptors (Lipinski definition) is 7. The highest BCUT2D eigenvalue weighted by molar-refractivity contribution is 9.10. The number of aryl methyl sites for hydroxylation is 1. The Labute approximate surface area is 162 Å². The minimum atomic E-state index is 0.495. The average molecular weight is 432 g/mol. The first-order chi connectivity index (χ1) is 12.6. The molecule has 4 rings (SSSR count). The lowest BCUT2D eigenvalue weighted by Gasteiger charge is -2.01. The Hall–Kier alpha value is -2.39. The van der Waals surface area contributed by atoms with E-state index in [2.05, 4.69) is 36.3 Å². The van der Waals surface area contributed by atoms with Gasteiger partial charge in [-0.05, 0) is 31.2 Å². The zero-order valence-corrected chi connectivity index (χ0v) is 16.4. The second-order valence-electron chi connectivity index (χ2n) is 5.56. The molecule has 0 fully saturated rings. The maximum absolute atomic E-state index is 5.75. The summed E-state index contributed by atoms with van der Waals surface area (Å²) in [7, 11) is 1.92. The Balaban J connectivity index is 1.49. The Morgan fingerprint density at radius 1 is 1.15 bits per heavy atom. The van der Waals surface area contributed by atoms with Crippen molar-refractivity contribution in [3.8, 4) is 22.8 Å². The normalized spacial score (nSPS) is 11.2. The number of halogens is 1. The Kier molecular flexibility index (Phi) is 4.64. The molecule has 26 heavy (non-hydrogen) atoms. The molecule has 4 aromatic rings. The zero-order valence-electron chi connectivity index (χ0n) is 14.0. The second kappa shape index (κ2) is 7.08. The van der Waals surface area contributed by atoms with Gasteiger partial charge in [-0.15, -0.1) is 20.4 Å². The molecule has 0 unspecified atom stereocenters. The molecule has 0 radical (unpaired) electrons. The number of hydrogen-bond donors (Lipinski definition) is 0. The minimum Gasteiger partial charge on any atom is -0.469 e. The van der Waals surface area contributed by atoms with Crippen molar-refractivity contribution >= 4 is 27.7 Å². The predicted molar refractivity (Wildman–Crippen MR) is 100 cm³/mol. The van der Waals surface area contributed by atoms with E-state index in [0.717, 1.165) is 32.3 Å². The summed E-state index contributed by atoms with van der Waals surface area (Å²) in [5.74, 6) is 3.12. The molecule has 1 aromatic carbocycles. The van der Waals surface area contributed by atoms with Gasteiger partial charge in [0.1, 0.15) is 5.76 Å². The van der Waals surface area contributed by atoms with Crippen LogP contribution in [0.2, 0.25) is 0 Å². The van der Waals surface area contributed by atoms with Gasteiger partial charge in [0.2, 0.25) is 11.8 Å². The lowest BCUT2D eigenvalue weighted by Crippen LogP contribution is -1.95. The summed E-state index contributed by atoms with van der Waals surface area (Å²) in [6.07, 6.45) is 1.65. The van der Waals surface area contributed by atoms with E-state index in [9.17, 15) is 0 Å². The standard InChI is InChI=1S/C17H14BrN5O2S/c1-10-13(6-7-24-10)15-20-22-17(23(15)2)26-9-14-19-21-16(25-14)11-4-3-5-12(18)8-11/h3-8H,9H2,1-2H3. The van der Waals surface area contributed by atoms with Crippen LogP contribution < -0.4 is 0 Å². The molecule has 0 aliphatic carbocycles. The maximum atomic E-state index is 5.75. The van der Waals surface area contributed by atoms with Crippen molar-refractivity contribution in [2.75, 3.05) is 0 Å². The van der Waals surface area contributed by atoms with Crippen LogP contribution in [0.15, 0.2) is 55.1 Å². The lowest BCUT2D eigenvalue weighted by molar-refractivity contribution is 0.528. The van der Waals surface area contributed by atoms with E-state index in [4.69, 9.17) is 8.83 Å². The second-order valence-corrected chi connectivity index (χ2v) is 7.41. The van der Waals surface area contributed by atoms with Crippen LogP contribution in [0.3, 0.4) is 0 Å². The van der Waals surface area contributed by atoms with Crippen LogP contribution in [-0.4, -0.2) is 25.0 Å². The van der Waals surface area contributed by atoms with Crippen LogP contribution in [0.4, 0.5) is 0 Å². The molecular formula is C17H14BrN5O2S. The molecule has 0 amide bonds. The third-order valence-corrected chi connectivity index (χ3v) is 5.30. The molecule has 9 heteroatoms. The Bertz CT molecular complexity index is 1060. The smallest absolute Gasteiger partial charge is 0.247 e. The van der Waals surface area contributed by atoms with Gasteiger partial charge in [-0.25, -0.2) is 0 Å². The molecule has 0 saturated carbocycles. The van der Waals surface area contributed by atoms with E-state index in [1.165, 1.54) is 11.8 Å². The van der Waals surface area contributed by atoms with Crippen LogP contribution in [0.25, 0.3) is 22.8 Å². The van der Waals surface area contributed by atoms with Crippen molar-refractivity contribution in [3.05, 3.63) is 52.7 Å². The molecule has 132 valence electrons. The van der Waals surface area contributed by atoms with Crippen LogP contribution in [0.5, 0.6) is 0 Å². The van der Waals surface area contributed by atoms with Gasteiger partial charge < -0.3 is 13.4 Å². The van der Waals surface area contributed by atoms with Gasteiger partial charge in [-0.1, -0.05) is 33.8 Å². The van der Waals surface area contributed by atoms with Crippen LogP contribution in [0.1, 0.15) is 11.7 Å². The van der Waals surface area contributed by atoms with Crippen molar-refractivity contribution in [1.82, 2.24) is 25.0 Å². The SMILES string of the molecule is Cc1occc1-c1nnc(SCc2nnc(-c3cccc(Br)c3)o2)n1C. The zero-order chi connectivity index (χ0) is 18.1. The van der Waals surface area contributed by atoms with Gasteiger partial charge in [0.05, 0.1) is 17.6 Å². The molecule has 0 spiro atoms. The molecule has 0 bridgehead atoms. The minimum absolute atomic E-state index is 0.495. The first-order valence-corrected chi connectivity index (χ1v) is 9.54. The first kappa shape index (κ1) is 17.0. The van der Waals surface area contributed by atoms with Gasteiger partial charge in [0.25, 0.3) is 0 Å². The molecule has 0 atom stereocenters. The van der Waals surface area contributed by atoms with Gasteiger partial charge in [-0.3, -0.25) is 0 Å². The molecule has 7 nitrogen and oxygen atoms in total. The third kappa shape index (κ3) is 3.32. The van der Waals surface area contributed by atoms with E-state index in [0.29, 0.717) is 17.5 Å². The van der Waals surface area contributed by atoms with E-state index in [1.807, 2.05) is 48.9 Å². The topological polar surface area (TPSA) is 82.8 Å².